The Morgan fingerprint density at radius 1 is 1.08 bits per heavy atom. The molecule has 3 aromatic carbocycles. The Hall–Kier alpha value is -3.01. The van der Waals surface area contributed by atoms with Gasteiger partial charge in [-0.05, 0) is 47.2 Å². The molecule has 0 spiro atoms. The number of carbonyl (C=O) groups is 1. The maximum atomic E-state index is 11.5. The molecule has 1 aliphatic rings. The number of benzene rings is 3. The van der Waals surface area contributed by atoms with Crippen molar-refractivity contribution in [2.45, 2.75) is 19.4 Å². The molecule has 0 atom stereocenters. The largest absolute Gasteiger partial charge is 0.488 e. The molecule has 1 aliphatic carbocycles. The molecule has 4 nitrogen and oxygen atoms in total. The number of carboxylic acid groups (broad SMARTS) is 1. The molecule has 1 fully saturated rings. The average molecular weight is 347 g/mol. The maximum absolute atomic E-state index is 11.5. The van der Waals surface area contributed by atoms with Crippen LogP contribution in [0.25, 0.3) is 10.8 Å². The summed E-state index contributed by atoms with van der Waals surface area (Å²) in [6.45, 7) is 1.25. The van der Waals surface area contributed by atoms with Crippen LogP contribution in [-0.2, 0) is 6.61 Å². The average Bonchev–Trinajstić information content (AvgIpc) is 3.49. The predicted octanol–water partition coefficient (Wildman–Crippen LogP) is 4.94. The van der Waals surface area contributed by atoms with Crippen molar-refractivity contribution in [3.05, 3.63) is 71.8 Å². The van der Waals surface area contributed by atoms with Crippen molar-refractivity contribution in [3.8, 4) is 5.75 Å². The van der Waals surface area contributed by atoms with Gasteiger partial charge >= 0.3 is 5.97 Å². The molecule has 0 aliphatic heterocycles. The molecule has 26 heavy (non-hydrogen) atoms. The van der Waals surface area contributed by atoms with Gasteiger partial charge in [0.2, 0.25) is 0 Å². The maximum Gasteiger partial charge on any atom is 0.339 e. The Balaban J connectivity index is 1.57. The lowest BCUT2D eigenvalue weighted by Crippen LogP contribution is -2.07. The predicted molar refractivity (Wildman–Crippen MR) is 103 cm³/mol. The van der Waals surface area contributed by atoms with E-state index >= 15 is 0 Å². The molecule has 2 N–H and O–H groups in total. The molecule has 132 valence electrons. The number of aromatic carboxylic acids is 1. The Morgan fingerprint density at radius 3 is 2.69 bits per heavy atom. The summed E-state index contributed by atoms with van der Waals surface area (Å²) in [6.07, 6.45) is 2.54. The van der Waals surface area contributed by atoms with Crippen LogP contribution in [0, 0.1) is 5.92 Å². The minimum Gasteiger partial charge on any atom is -0.488 e. The summed E-state index contributed by atoms with van der Waals surface area (Å²) in [5.41, 5.74) is 2.12. The molecule has 3 aromatic rings. The van der Waals surface area contributed by atoms with E-state index in [1.807, 2.05) is 24.3 Å². The number of anilines is 1. The Morgan fingerprint density at radius 2 is 1.88 bits per heavy atom. The zero-order chi connectivity index (χ0) is 17.9. The van der Waals surface area contributed by atoms with Crippen molar-refractivity contribution in [2.24, 2.45) is 5.92 Å². The van der Waals surface area contributed by atoms with Gasteiger partial charge < -0.3 is 15.2 Å². The van der Waals surface area contributed by atoms with Gasteiger partial charge in [-0.3, -0.25) is 0 Å². The molecule has 0 bridgehead atoms. The number of rotatable bonds is 7. The van der Waals surface area contributed by atoms with Gasteiger partial charge in [0.25, 0.3) is 0 Å². The van der Waals surface area contributed by atoms with E-state index in [0.29, 0.717) is 12.4 Å². The number of hydrogen-bond acceptors (Lipinski definition) is 3. The molecule has 4 heteroatoms. The van der Waals surface area contributed by atoms with Crippen LogP contribution in [0.5, 0.6) is 5.75 Å². The van der Waals surface area contributed by atoms with E-state index in [2.05, 4.69) is 23.5 Å². The molecular formula is C22H21NO3. The second-order valence-electron chi connectivity index (χ2n) is 6.77. The Bertz CT molecular complexity index is 942. The summed E-state index contributed by atoms with van der Waals surface area (Å²) in [5.74, 6) is 0.159. The van der Waals surface area contributed by atoms with Crippen molar-refractivity contribution >= 4 is 22.4 Å². The van der Waals surface area contributed by atoms with E-state index in [0.717, 1.165) is 34.5 Å². The highest BCUT2D eigenvalue weighted by Gasteiger charge is 2.21. The zero-order valence-electron chi connectivity index (χ0n) is 14.4. The van der Waals surface area contributed by atoms with Crippen LogP contribution in [0.15, 0.2) is 60.7 Å². The highest BCUT2D eigenvalue weighted by molar-refractivity contribution is 5.91. The summed E-state index contributed by atoms with van der Waals surface area (Å²) in [4.78, 5) is 11.5. The first-order valence-corrected chi connectivity index (χ1v) is 8.91. The fraction of sp³-hybridized carbons (Fsp3) is 0.227. The van der Waals surface area contributed by atoms with E-state index in [9.17, 15) is 9.90 Å². The van der Waals surface area contributed by atoms with Crippen molar-refractivity contribution < 1.29 is 14.6 Å². The first-order chi connectivity index (χ1) is 12.7. The van der Waals surface area contributed by atoms with Crippen LogP contribution in [-0.4, -0.2) is 17.6 Å². The van der Waals surface area contributed by atoms with E-state index in [1.165, 1.54) is 12.8 Å². The second-order valence-corrected chi connectivity index (χ2v) is 6.77. The van der Waals surface area contributed by atoms with Crippen molar-refractivity contribution in [3.63, 3.8) is 0 Å². The van der Waals surface area contributed by atoms with E-state index in [-0.39, 0.29) is 5.56 Å². The van der Waals surface area contributed by atoms with Crippen LogP contribution >= 0.6 is 0 Å². The summed E-state index contributed by atoms with van der Waals surface area (Å²) in [7, 11) is 0. The van der Waals surface area contributed by atoms with Crippen molar-refractivity contribution in [1.82, 2.24) is 0 Å². The summed E-state index contributed by atoms with van der Waals surface area (Å²) in [6, 6.07) is 19.4. The Labute approximate surface area is 152 Å². The molecule has 0 unspecified atom stereocenters. The first kappa shape index (κ1) is 16.5. The quantitative estimate of drug-likeness (QED) is 0.636. The fourth-order valence-electron chi connectivity index (χ4n) is 3.09. The number of hydrogen-bond donors (Lipinski definition) is 2. The Kier molecular flexibility index (Phi) is 4.48. The molecule has 0 amide bonds. The first-order valence-electron chi connectivity index (χ1n) is 8.91. The molecule has 4 rings (SSSR count). The third kappa shape index (κ3) is 3.64. The van der Waals surface area contributed by atoms with Gasteiger partial charge in [0, 0.05) is 18.3 Å². The number of ether oxygens (including phenoxy) is 1. The smallest absolute Gasteiger partial charge is 0.339 e. The highest BCUT2D eigenvalue weighted by atomic mass is 16.5. The van der Waals surface area contributed by atoms with Gasteiger partial charge in [0.1, 0.15) is 17.9 Å². The fourth-order valence-corrected chi connectivity index (χ4v) is 3.09. The number of carboxylic acids is 1. The van der Waals surface area contributed by atoms with Crippen LogP contribution < -0.4 is 10.1 Å². The lowest BCUT2D eigenvalue weighted by atomic mass is 10.1. The standard InChI is InChI=1S/C22H21NO3/c24-22(25)20-11-10-18(23-13-15-8-9-15)12-21(20)26-14-17-6-3-5-16-4-1-2-7-19(16)17/h1-7,10-12,15,23H,8-9,13-14H2,(H,24,25). The van der Waals surface area contributed by atoms with Crippen LogP contribution in [0.2, 0.25) is 0 Å². The van der Waals surface area contributed by atoms with Gasteiger partial charge in [0.05, 0.1) is 0 Å². The van der Waals surface area contributed by atoms with Gasteiger partial charge in [0.15, 0.2) is 0 Å². The summed E-state index contributed by atoms with van der Waals surface area (Å²) in [5, 5.41) is 15.1. The van der Waals surface area contributed by atoms with Crippen LogP contribution in [0.4, 0.5) is 5.69 Å². The summed E-state index contributed by atoms with van der Waals surface area (Å²) >= 11 is 0. The van der Waals surface area contributed by atoms with Crippen molar-refractivity contribution in [2.75, 3.05) is 11.9 Å². The lowest BCUT2D eigenvalue weighted by molar-refractivity contribution is 0.0692. The molecule has 0 aromatic heterocycles. The van der Waals surface area contributed by atoms with Gasteiger partial charge in [-0.2, -0.15) is 0 Å². The van der Waals surface area contributed by atoms with E-state index in [1.54, 1.807) is 18.2 Å². The van der Waals surface area contributed by atoms with Gasteiger partial charge in [-0.1, -0.05) is 42.5 Å². The van der Waals surface area contributed by atoms with Crippen LogP contribution in [0.1, 0.15) is 28.8 Å². The lowest BCUT2D eigenvalue weighted by Gasteiger charge is -2.13. The minimum atomic E-state index is -0.980. The minimum absolute atomic E-state index is 0.183. The topological polar surface area (TPSA) is 58.6 Å². The highest BCUT2D eigenvalue weighted by Crippen LogP contribution is 2.30. The van der Waals surface area contributed by atoms with Crippen molar-refractivity contribution in [1.29, 1.82) is 0 Å². The zero-order valence-corrected chi connectivity index (χ0v) is 14.4. The third-order valence-electron chi connectivity index (χ3n) is 4.77. The normalized spacial score (nSPS) is 13.5. The number of fused-ring (bicyclic) bond motifs is 1. The number of nitrogens with one attached hydrogen (secondary N) is 1. The molecule has 1 saturated carbocycles. The monoisotopic (exact) mass is 347 g/mol. The molecule has 0 radical (unpaired) electrons. The second kappa shape index (κ2) is 7.08. The summed E-state index contributed by atoms with van der Waals surface area (Å²) < 4.78 is 5.93. The third-order valence-corrected chi connectivity index (χ3v) is 4.77. The molecular weight excluding hydrogens is 326 g/mol. The van der Waals surface area contributed by atoms with E-state index in [4.69, 9.17) is 4.74 Å². The van der Waals surface area contributed by atoms with Crippen LogP contribution in [0.3, 0.4) is 0 Å². The SMILES string of the molecule is O=C(O)c1ccc(NCC2CC2)cc1OCc1cccc2ccccc12. The van der Waals surface area contributed by atoms with Gasteiger partial charge in [-0.15, -0.1) is 0 Å². The van der Waals surface area contributed by atoms with E-state index < -0.39 is 5.97 Å². The molecule has 0 heterocycles. The van der Waals surface area contributed by atoms with Gasteiger partial charge in [-0.25, -0.2) is 4.79 Å². The molecule has 0 saturated heterocycles.